The molecule has 0 bridgehead atoms. The fourth-order valence-electron chi connectivity index (χ4n) is 3.75. The van der Waals surface area contributed by atoms with Crippen molar-refractivity contribution in [2.45, 2.75) is 36.5 Å². The summed E-state index contributed by atoms with van der Waals surface area (Å²) in [6.45, 7) is 3.95. The first-order chi connectivity index (χ1) is 15.0. The number of Topliss-reactive ketones (excluding diaryl/α,β-unsaturated/α-hetero) is 1. The lowest BCUT2D eigenvalue weighted by Crippen LogP contribution is -2.30. The van der Waals surface area contributed by atoms with Gasteiger partial charge >= 0.3 is 0 Å². The summed E-state index contributed by atoms with van der Waals surface area (Å²) in [7, 11) is 0. The highest BCUT2D eigenvalue weighted by Gasteiger charge is 2.29. The van der Waals surface area contributed by atoms with E-state index in [4.69, 9.17) is 16.3 Å². The zero-order valence-corrected chi connectivity index (χ0v) is 19.0. The van der Waals surface area contributed by atoms with Crippen molar-refractivity contribution in [1.82, 2.24) is 9.71 Å². The van der Waals surface area contributed by atoms with E-state index in [-0.39, 0.29) is 11.2 Å². The van der Waals surface area contributed by atoms with Crippen molar-refractivity contribution < 1.29 is 9.53 Å². The first kappa shape index (κ1) is 21.9. The summed E-state index contributed by atoms with van der Waals surface area (Å²) < 4.78 is 8.88. The Balaban J connectivity index is 1.48. The number of aromatic nitrogens is 1. The second kappa shape index (κ2) is 9.86. The van der Waals surface area contributed by atoms with Crippen LogP contribution >= 0.6 is 23.5 Å². The molecule has 160 valence electrons. The number of pyridine rings is 1. The van der Waals surface area contributed by atoms with Crippen LogP contribution in [0, 0.1) is 0 Å². The first-order valence-electron chi connectivity index (χ1n) is 10.4. The third-order valence-electron chi connectivity index (χ3n) is 5.84. The van der Waals surface area contributed by atoms with Gasteiger partial charge in [-0.05, 0) is 72.2 Å². The maximum Gasteiger partial charge on any atom is 0.194 e. The molecule has 2 aliphatic rings. The molecule has 4 rings (SSSR count). The highest BCUT2D eigenvalue weighted by molar-refractivity contribution is 7.97. The molecule has 2 aromatic rings. The van der Waals surface area contributed by atoms with E-state index in [1.54, 1.807) is 24.5 Å². The van der Waals surface area contributed by atoms with Crippen molar-refractivity contribution >= 4 is 29.3 Å². The molecule has 1 aromatic heterocycles. The fraction of sp³-hybridized carbons (Fsp3) is 0.280. The second-order valence-corrected chi connectivity index (χ2v) is 9.35. The number of nitrogens with zero attached hydrogens (tertiary/aromatic N) is 1. The number of nitrogens with one attached hydrogen (secondary N) is 1. The molecular formula is C25H25ClN2O2S. The number of carbonyl (C=O) groups is 1. The molecule has 31 heavy (non-hydrogen) atoms. The molecule has 0 radical (unpaired) electrons. The fourth-order valence-corrected chi connectivity index (χ4v) is 4.57. The lowest BCUT2D eigenvalue weighted by atomic mass is 9.76. The molecule has 0 amide bonds. The molecule has 0 unspecified atom stereocenters. The van der Waals surface area contributed by atoms with Gasteiger partial charge in [0, 0.05) is 53.1 Å². The Morgan fingerprint density at radius 3 is 2.52 bits per heavy atom. The van der Waals surface area contributed by atoms with Crippen LogP contribution in [0.15, 0.2) is 88.2 Å². The van der Waals surface area contributed by atoms with Gasteiger partial charge in [0.15, 0.2) is 5.78 Å². The van der Waals surface area contributed by atoms with Gasteiger partial charge in [-0.25, -0.2) is 0 Å². The van der Waals surface area contributed by atoms with Crippen LogP contribution in [0.2, 0.25) is 0 Å². The number of hydrogen-bond acceptors (Lipinski definition) is 5. The largest absolute Gasteiger partial charge is 0.381 e. The van der Waals surface area contributed by atoms with Gasteiger partial charge in [0.1, 0.15) is 0 Å². The molecule has 0 spiro atoms. The SMILES string of the molecule is CC1(c2ccc(SNC3=CC=C(Cl)CC=C3C(=O)c3ccncc3)cc2)CCOCC1. The smallest absolute Gasteiger partial charge is 0.194 e. The molecule has 1 aromatic carbocycles. The third kappa shape index (κ3) is 5.29. The average Bonchev–Trinajstić information content (AvgIpc) is 3.00. The average molecular weight is 453 g/mol. The van der Waals surface area contributed by atoms with Crippen molar-refractivity contribution in [2.24, 2.45) is 0 Å². The number of rotatable bonds is 6. The minimum Gasteiger partial charge on any atom is -0.381 e. The van der Waals surface area contributed by atoms with E-state index in [0.29, 0.717) is 22.6 Å². The molecule has 1 saturated heterocycles. The molecule has 1 aliphatic heterocycles. The first-order valence-corrected chi connectivity index (χ1v) is 11.6. The number of hydrogen-bond donors (Lipinski definition) is 1. The second-order valence-electron chi connectivity index (χ2n) is 7.98. The van der Waals surface area contributed by atoms with Crippen molar-refractivity contribution in [3.63, 3.8) is 0 Å². The number of ether oxygens (including phenoxy) is 1. The number of allylic oxidation sites excluding steroid dienone is 5. The van der Waals surface area contributed by atoms with Gasteiger partial charge < -0.3 is 9.46 Å². The number of ketones is 1. The Morgan fingerprint density at radius 1 is 1.10 bits per heavy atom. The molecule has 6 heteroatoms. The normalized spacial score (nSPS) is 18.3. The van der Waals surface area contributed by atoms with E-state index in [9.17, 15) is 4.79 Å². The highest BCUT2D eigenvalue weighted by atomic mass is 35.5. The maximum absolute atomic E-state index is 13.1. The molecular weight excluding hydrogens is 428 g/mol. The van der Waals surface area contributed by atoms with Gasteiger partial charge in [-0.15, -0.1) is 0 Å². The molecule has 0 saturated carbocycles. The maximum atomic E-state index is 13.1. The van der Waals surface area contributed by atoms with E-state index in [1.807, 2.05) is 18.2 Å². The quantitative estimate of drug-likeness (QED) is 0.432. The number of halogens is 1. The third-order valence-corrected chi connectivity index (χ3v) is 6.95. The summed E-state index contributed by atoms with van der Waals surface area (Å²) in [5.41, 5.74) is 3.47. The molecule has 1 fully saturated rings. The van der Waals surface area contributed by atoms with E-state index >= 15 is 0 Å². The van der Waals surface area contributed by atoms with Crippen LogP contribution in [0.5, 0.6) is 0 Å². The molecule has 2 heterocycles. The molecule has 1 aliphatic carbocycles. The standard InChI is InChI=1S/C25H25ClN2O2S/c1-25(12-16-30-17-13-25)19-2-6-21(7-3-19)31-28-23-9-5-20(26)4-8-22(23)24(29)18-10-14-27-15-11-18/h2-3,5-11,14-15,28H,4,12-13,16-17H2,1H3. The van der Waals surface area contributed by atoms with Gasteiger partial charge in [-0.2, -0.15) is 0 Å². The molecule has 1 N–H and O–H groups in total. The van der Waals surface area contributed by atoms with E-state index in [0.717, 1.165) is 36.6 Å². The van der Waals surface area contributed by atoms with Crippen molar-refractivity contribution in [3.8, 4) is 0 Å². The van der Waals surface area contributed by atoms with Crippen LogP contribution in [-0.2, 0) is 10.2 Å². The van der Waals surface area contributed by atoms with Crippen LogP contribution in [0.3, 0.4) is 0 Å². The zero-order valence-electron chi connectivity index (χ0n) is 17.4. The van der Waals surface area contributed by atoms with Gasteiger partial charge in [0.25, 0.3) is 0 Å². The summed E-state index contributed by atoms with van der Waals surface area (Å²) in [6, 6.07) is 12.1. The van der Waals surface area contributed by atoms with E-state index in [2.05, 4.69) is 40.9 Å². The Labute approximate surface area is 192 Å². The zero-order chi connectivity index (χ0) is 21.7. The molecule has 0 atom stereocenters. The summed E-state index contributed by atoms with van der Waals surface area (Å²) >= 11 is 7.72. The lowest BCUT2D eigenvalue weighted by molar-refractivity contribution is 0.0564. The van der Waals surface area contributed by atoms with E-state index in [1.165, 1.54) is 17.5 Å². The topological polar surface area (TPSA) is 51.2 Å². The highest BCUT2D eigenvalue weighted by Crippen LogP contribution is 2.35. The minimum atomic E-state index is -0.0516. The lowest BCUT2D eigenvalue weighted by Gasteiger charge is -2.34. The van der Waals surface area contributed by atoms with Crippen LogP contribution in [0.1, 0.15) is 42.1 Å². The van der Waals surface area contributed by atoms with Crippen LogP contribution in [0.4, 0.5) is 0 Å². The Morgan fingerprint density at radius 2 is 1.81 bits per heavy atom. The van der Waals surface area contributed by atoms with Crippen LogP contribution < -0.4 is 4.72 Å². The predicted octanol–water partition coefficient (Wildman–Crippen LogP) is 5.97. The Hall–Kier alpha value is -2.34. The van der Waals surface area contributed by atoms with Gasteiger partial charge in [0.2, 0.25) is 0 Å². The summed E-state index contributed by atoms with van der Waals surface area (Å²) in [5.74, 6) is -0.0516. The number of benzene rings is 1. The Kier molecular flexibility index (Phi) is 6.96. The van der Waals surface area contributed by atoms with Gasteiger partial charge in [-0.3, -0.25) is 9.78 Å². The summed E-state index contributed by atoms with van der Waals surface area (Å²) in [5, 5.41) is 0.691. The predicted molar refractivity (Wildman–Crippen MR) is 126 cm³/mol. The van der Waals surface area contributed by atoms with Crippen molar-refractivity contribution in [3.05, 3.63) is 94.4 Å². The van der Waals surface area contributed by atoms with Crippen LogP contribution in [0.25, 0.3) is 0 Å². The number of carbonyl (C=O) groups excluding carboxylic acids is 1. The van der Waals surface area contributed by atoms with E-state index < -0.39 is 0 Å². The minimum absolute atomic E-state index is 0.0516. The summed E-state index contributed by atoms with van der Waals surface area (Å²) in [4.78, 5) is 18.2. The van der Waals surface area contributed by atoms with Gasteiger partial charge in [0.05, 0.1) is 5.70 Å². The van der Waals surface area contributed by atoms with Crippen molar-refractivity contribution in [2.75, 3.05) is 13.2 Å². The van der Waals surface area contributed by atoms with Crippen molar-refractivity contribution in [1.29, 1.82) is 0 Å². The molecule has 4 nitrogen and oxygen atoms in total. The summed E-state index contributed by atoms with van der Waals surface area (Å²) in [6.07, 6.45) is 11.4. The van der Waals surface area contributed by atoms with Crippen LogP contribution in [-0.4, -0.2) is 24.0 Å². The Bertz CT molecular complexity index is 1020. The van der Waals surface area contributed by atoms with Gasteiger partial charge in [-0.1, -0.05) is 36.7 Å². The monoisotopic (exact) mass is 452 g/mol.